The van der Waals surface area contributed by atoms with Gasteiger partial charge in [-0.15, -0.1) is 0 Å². The molecule has 9 heteroatoms. The highest BCUT2D eigenvalue weighted by Gasteiger charge is 2.56. The van der Waals surface area contributed by atoms with Crippen LogP contribution in [0, 0.1) is 23.7 Å². The fraction of sp³-hybridized carbons (Fsp3) is 0.487. The monoisotopic (exact) mass is 660 g/mol. The zero-order valence-electron chi connectivity index (χ0n) is 28.7. The predicted octanol–water partition coefficient (Wildman–Crippen LogP) is 5.52. The van der Waals surface area contributed by atoms with Crippen LogP contribution in [0.4, 0.5) is 0 Å². The van der Waals surface area contributed by atoms with Gasteiger partial charge in [-0.3, -0.25) is 9.59 Å². The number of Topliss-reactive ketones (excluding diaryl/α,β-unsaturated/α-hetero) is 1. The van der Waals surface area contributed by atoms with Gasteiger partial charge in [0.25, 0.3) is 5.97 Å². The summed E-state index contributed by atoms with van der Waals surface area (Å²) >= 11 is 0. The minimum absolute atomic E-state index is 0.00509. The SMILES string of the molecule is C=C(C)C1C[C@@H](C)C2C(C=C(COC(=O)Cc3ccc(OC)c(OC)c3)CC3(O)C(=O)C(C)=CC23)C(C)O[C@](O)(Cc2ccccc2)O1. The van der Waals surface area contributed by atoms with Gasteiger partial charge in [0.1, 0.15) is 12.2 Å². The fourth-order valence-electron chi connectivity index (χ4n) is 7.69. The summed E-state index contributed by atoms with van der Waals surface area (Å²) in [5.41, 5.74) is 1.66. The molecule has 48 heavy (non-hydrogen) atoms. The Morgan fingerprint density at radius 1 is 1.00 bits per heavy atom. The van der Waals surface area contributed by atoms with E-state index in [1.807, 2.05) is 56.3 Å². The van der Waals surface area contributed by atoms with E-state index >= 15 is 0 Å². The summed E-state index contributed by atoms with van der Waals surface area (Å²) in [6.07, 6.45) is 3.28. The lowest BCUT2D eigenvalue weighted by atomic mass is 9.67. The van der Waals surface area contributed by atoms with Gasteiger partial charge in [-0.1, -0.05) is 67.6 Å². The first-order valence-corrected chi connectivity index (χ1v) is 16.6. The van der Waals surface area contributed by atoms with E-state index in [9.17, 15) is 19.8 Å². The lowest BCUT2D eigenvalue weighted by Crippen LogP contribution is -2.48. The van der Waals surface area contributed by atoms with Gasteiger partial charge in [0.05, 0.1) is 39.3 Å². The summed E-state index contributed by atoms with van der Waals surface area (Å²) in [7, 11) is 3.07. The Hall–Kier alpha value is -3.76. The topological polar surface area (TPSA) is 121 Å². The summed E-state index contributed by atoms with van der Waals surface area (Å²) < 4.78 is 29.3. The molecule has 0 spiro atoms. The van der Waals surface area contributed by atoms with Crippen molar-refractivity contribution < 1.29 is 43.5 Å². The number of esters is 1. The van der Waals surface area contributed by atoms with Crippen molar-refractivity contribution >= 4 is 11.8 Å². The molecule has 0 saturated carbocycles. The number of ether oxygens (including phenoxy) is 5. The Bertz CT molecular complexity index is 1580. The molecule has 2 aromatic carbocycles. The first-order chi connectivity index (χ1) is 22.8. The van der Waals surface area contributed by atoms with Gasteiger partial charge in [0.15, 0.2) is 17.3 Å². The second-order valence-corrected chi connectivity index (χ2v) is 13.7. The van der Waals surface area contributed by atoms with E-state index in [0.717, 1.165) is 11.1 Å². The van der Waals surface area contributed by atoms with Crippen molar-refractivity contribution in [2.45, 2.75) is 77.2 Å². The third kappa shape index (κ3) is 7.44. The molecule has 8 atom stereocenters. The smallest absolute Gasteiger partial charge is 0.310 e. The molecule has 2 aromatic rings. The number of rotatable bonds is 9. The number of carbonyl (C=O) groups is 2. The largest absolute Gasteiger partial charge is 0.493 e. The lowest BCUT2D eigenvalue weighted by Gasteiger charge is -2.40. The van der Waals surface area contributed by atoms with Crippen LogP contribution in [0.5, 0.6) is 11.5 Å². The average molecular weight is 661 g/mol. The first-order valence-electron chi connectivity index (χ1n) is 16.6. The number of aliphatic hydroxyl groups is 2. The van der Waals surface area contributed by atoms with Crippen molar-refractivity contribution in [3.63, 3.8) is 0 Å². The Kier molecular flexibility index (Phi) is 10.7. The molecule has 258 valence electrons. The second kappa shape index (κ2) is 14.4. The molecule has 0 bridgehead atoms. The number of benzene rings is 2. The quantitative estimate of drug-likeness (QED) is 0.265. The lowest BCUT2D eigenvalue weighted by molar-refractivity contribution is -0.384. The van der Waals surface area contributed by atoms with Crippen molar-refractivity contribution in [3.05, 3.63) is 95.1 Å². The first kappa shape index (κ1) is 35.5. The number of methoxy groups -OCH3 is 2. The van der Waals surface area contributed by atoms with E-state index < -0.39 is 35.7 Å². The molecule has 1 saturated heterocycles. The Morgan fingerprint density at radius 2 is 1.71 bits per heavy atom. The molecule has 9 nitrogen and oxygen atoms in total. The molecule has 0 aromatic heterocycles. The summed E-state index contributed by atoms with van der Waals surface area (Å²) in [6, 6.07) is 14.7. The van der Waals surface area contributed by atoms with Gasteiger partial charge in [-0.2, -0.15) is 0 Å². The van der Waals surface area contributed by atoms with Gasteiger partial charge in [0.2, 0.25) is 0 Å². The van der Waals surface area contributed by atoms with Crippen LogP contribution in [0.15, 0.2) is 84.0 Å². The highest BCUT2D eigenvalue weighted by Crippen LogP contribution is 2.51. The van der Waals surface area contributed by atoms with Gasteiger partial charge < -0.3 is 33.9 Å². The molecule has 5 rings (SSSR count). The Morgan fingerprint density at radius 3 is 2.38 bits per heavy atom. The van der Waals surface area contributed by atoms with Crippen molar-refractivity contribution in [2.24, 2.45) is 23.7 Å². The average Bonchev–Trinajstić information content (AvgIpc) is 3.18. The molecule has 1 fully saturated rings. The fourth-order valence-corrected chi connectivity index (χ4v) is 7.69. The van der Waals surface area contributed by atoms with Crippen molar-refractivity contribution in [1.82, 2.24) is 0 Å². The zero-order chi connectivity index (χ0) is 34.8. The number of hydrogen-bond donors (Lipinski definition) is 2. The number of fused-ring (bicyclic) bond motifs is 3. The van der Waals surface area contributed by atoms with E-state index in [0.29, 0.717) is 34.6 Å². The highest BCUT2D eigenvalue weighted by atomic mass is 16.8. The molecule has 2 aliphatic carbocycles. The standard InChI is InChI=1S/C39H48O9/c1-23(2)33-16-24(3)36-30(26(5)47-39(43,48-33)21-27-11-9-8-10-12-27)17-29(20-38(42)31(36)15-25(4)37(38)41)22-46-35(40)19-28-13-14-32(44-6)34(18-28)45-7/h8-15,17-18,24,26,30-31,33,36,42-43H,1,16,19-22H2,2-7H3/t24-,26?,30?,31?,33?,36?,38?,39-/m1/s1. The minimum Gasteiger partial charge on any atom is -0.493 e. The molecule has 1 aliphatic heterocycles. The third-order valence-electron chi connectivity index (χ3n) is 10.0. The zero-order valence-corrected chi connectivity index (χ0v) is 28.7. The maximum atomic E-state index is 13.6. The number of hydrogen-bond acceptors (Lipinski definition) is 9. The third-order valence-corrected chi connectivity index (χ3v) is 10.0. The van der Waals surface area contributed by atoms with Crippen LogP contribution in [0.2, 0.25) is 0 Å². The van der Waals surface area contributed by atoms with E-state index in [1.165, 1.54) is 7.11 Å². The van der Waals surface area contributed by atoms with Crippen molar-refractivity contribution in [3.8, 4) is 11.5 Å². The molecule has 0 amide bonds. The molecule has 1 heterocycles. The van der Waals surface area contributed by atoms with Crippen LogP contribution in [-0.2, 0) is 36.6 Å². The van der Waals surface area contributed by atoms with Crippen molar-refractivity contribution in [1.29, 1.82) is 0 Å². The summed E-state index contributed by atoms with van der Waals surface area (Å²) in [5.74, 6) is -2.97. The molecular weight excluding hydrogens is 612 g/mol. The molecule has 3 aliphatic rings. The van der Waals surface area contributed by atoms with Crippen LogP contribution in [0.3, 0.4) is 0 Å². The minimum atomic E-state index is -1.97. The normalized spacial score (nSPS) is 31.9. The van der Waals surface area contributed by atoms with Crippen molar-refractivity contribution in [2.75, 3.05) is 20.8 Å². The Labute approximate surface area is 283 Å². The van der Waals surface area contributed by atoms with Gasteiger partial charge >= 0.3 is 5.97 Å². The summed E-state index contributed by atoms with van der Waals surface area (Å²) in [6.45, 7) is 11.6. The van der Waals surface area contributed by atoms with Crippen LogP contribution >= 0.6 is 0 Å². The van der Waals surface area contributed by atoms with E-state index in [4.69, 9.17) is 23.7 Å². The molecule has 0 radical (unpaired) electrons. The molecular formula is C39H48O9. The molecule has 2 N–H and O–H groups in total. The van der Waals surface area contributed by atoms with Crippen LogP contribution in [0.1, 0.15) is 51.7 Å². The maximum Gasteiger partial charge on any atom is 0.310 e. The van der Waals surface area contributed by atoms with E-state index in [1.54, 1.807) is 32.2 Å². The van der Waals surface area contributed by atoms with E-state index in [-0.39, 0.29) is 49.4 Å². The number of carbonyl (C=O) groups excluding carboxylic acids is 2. The van der Waals surface area contributed by atoms with Gasteiger partial charge in [0, 0.05) is 18.3 Å². The Balaban J connectivity index is 1.48. The summed E-state index contributed by atoms with van der Waals surface area (Å²) in [5, 5.41) is 24.2. The van der Waals surface area contributed by atoms with E-state index in [2.05, 4.69) is 13.5 Å². The highest BCUT2D eigenvalue weighted by molar-refractivity contribution is 6.04. The summed E-state index contributed by atoms with van der Waals surface area (Å²) in [4.78, 5) is 26.7. The number of ketones is 1. The maximum absolute atomic E-state index is 13.6. The predicted molar refractivity (Wildman–Crippen MR) is 180 cm³/mol. The van der Waals surface area contributed by atoms with Gasteiger partial charge in [-0.05, 0) is 73.4 Å². The second-order valence-electron chi connectivity index (χ2n) is 13.7. The van der Waals surface area contributed by atoms with Gasteiger partial charge in [-0.25, -0.2) is 0 Å². The van der Waals surface area contributed by atoms with Crippen LogP contribution in [0.25, 0.3) is 0 Å². The molecule has 6 unspecified atom stereocenters. The van der Waals surface area contributed by atoms with Crippen LogP contribution in [-0.4, -0.2) is 66.6 Å². The van der Waals surface area contributed by atoms with Crippen LogP contribution < -0.4 is 9.47 Å².